The monoisotopic (exact) mass is 235 g/mol. The van der Waals surface area contributed by atoms with Crippen molar-refractivity contribution in [1.29, 1.82) is 0 Å². The van der Waals surface area contributed by atoms with Gasteiger partial charge in [0.2, 0.25) is 0 Å². The first-order valence-electron chi connectivity index (χ1n) is 5.28. The highest BCUT2D eigenvalue weighted by molar-refractivity contribution is 7.91. The lowest BCUT2D eigenvalue weighted by Crippen LogP contribution is -2.34. The van der Waals surface area contributed by atoms with Gasteiger partial charge < -0.3 is 15.2 Å². The predicted molar refractivity (Wildman–Crippen MR) is 55.0 cm³/mol. The first-order valence-corrected chi connectivity index (χ1v) is 7.10. The second-order valence-corrected chi connectivity index (χ2v) is 6.44. The molecule has 2 fully saturated rings. The number of hydrogen-bond acceptors (Lipinski definition) is 5. The van der Waals surface area contributed by atoms with Gasteiger partial charge >= 0.3 is 0 Å². The smallest absolute Gasteiger partial charge is 0.162 e. The van der Waals surface area contributed by atoms with Gasteiger partial charge in [0, 0.05) is 12.5 Å². The van der Waals surface area contributed by atoms with E-state index in [1.165, 1.54) is 0 Å². The average Bonchev–Trinajstić information content (AvgIpc) is 2.64. The largest absolute Gasteiger partial charge is 0.350 e. The van der Waals surface area contributed by atoms with Gasteiger partial charge in [0.15, 0.2) is 16.1 Å². The molecule has 0 amide bonds. The second-order valence-electron chi connectivity index (χ2n) is 4.21. The summed E-state index contributed by atoms with van der Waals surface area (Å²) in [5.74, 6) is 0.478. The summed E-state index contributed by atoms with van der Waals surface area (Å²) >= 11 is 0. The normalized spacial score (nSPS) is 40.5. The summed E-state index contributed by atoms with van der Waals surface area (Å²) < 4.78 is 33.8. The zero-order valence-corrected chi connectivity index (χ0v) is 9.41. The molecular formula is C9H17NO4S. The van der Waals surface area contributed by atoms with Gasteiger partial charge in [-0.3, -0.25) is 0 Å². The minimum Gasteiger partial charge on any atom is -0.350 e. The predicted octanol–water partition coefficient (Wildman–Crippen LogP) is -0.489. The van der Waals surface area contributed by atoms with Gasteiger partial charge in [0.25, 0.3) is 0 Å². The van der Waals surface area contributed by atoms with Gasteiger partial charge in [-0.1, -0.05) is 0 Å². The van der Waals surface area contributed by atoms with Crippen LogP contribution in [0.3, 0.4) is 0 Å². The van der Waals surface area contributed by atoms with Crippen molar-refractivity contribution < 1.29 is 17.9 Å². The number of nitrogens with two attached hydrogens (primary N) is 1. The molecule has 0 aliphatic carbocycles. The lowest BCUT2D eigenvalue weighted by molar-refractivity contribution is -0.0920. The van der Waals surface area contributed by atoms with Gasteiger partial charge in [0.05, 0.1) is 24.2 Å². The molecule has 6 heteroatoms. The molecule has 0 aromatic heterocycles. The first kappa shape index (κ1) is 11.3. The van der Waals surface area contributed by atoms with E-state index in [1.54, 1.807) is 0 Å². The third-order valence-electron chi connectivity index (χ3n) is 2.92. The Hall–Kier alpha value is -0.170. The minimum absolute atomic E-state index is 0.0136. The maximum atomic E-state index is 11.4. The Bertz CT molecular complexity index is 316. The number of rotatable bonds is 2. The van der Waals surface area contributed by atoms with Crippen LogP contribution >= 0.6 is 0 Å². The minimum atomic E-state index is -2.88. The first-order chi connectivity index (χ1) is 7.11. The third-order valence-corrected chi connectivity index (χ3v) is 4.77. The molecule has 2 rings (SSSR count). The molecule has 0 bridgehead atoms. The molecule has 0 saturated carbocycles. The number of sulfone groups is 1. The molecule has 3 atom stereocenters. The van der Waals surface area contributed by atoms with E-state index in [0.717, 1.165) is 6.42 Å². The summed E-state index contributed by atoms with van der Waals surface area (Å²) in [6.07, 6.45) is 1.14. The highest BCUT2D eigenvalue weighted by Gasteiger charge is 2.36. The summed E-state index contributed by atoms with van der Waals surface area (Å²) in [6, 6.07) is 0. The molecule has 2 heterocycles. The van der Waals surface area contributed by atoms with Crippen molar-refractivity contribution in [3.05, 3.63) is 0 Å². The Morgan fingerprint density at radius 3 is 2.80 bits per heavy atom. The van der Waals surface area contributed by atoms with Crippen LogP contribution in [0.2, 0.25) is 0 Å². The van der Waals surface area contributed by atoms with Crippen molar-refractivity contribution in [2.75, 3.05) is 24.7 Å². The molecule has 2 aliphatic heterocycles. The van der Waals surface area contributed by atoms with Crippen LogP contribution in [0.5, 0.6) is 0 Å². The van der Waals surface area contributed by atoms with Gasteiger partial charge in [-0.05, 0) is 12.8 Å². The SMILES string of the molecule is NCC1COC(C2CCCS(=O)(=O)C2)O1. The number of hydrogen-bond donors (Lipinski definition) is 1. The van der Waals surface area contributed by atoms with Gasteiger partial charge in [0.1, 0.15) is 0 Å². The van der Waals surface area contributed by atoms with Crippen molar-refractivity contribution in [2.45, 2.75) is 25.2 Å². The fourth-order valence-corrected chi connectivity index (χ4v) is 3.86. The molecule has 88 valence electrons. The molecule has 0 aromatic carbocycles. The Labute approximate surface area is 89.8 Å². The molecular weight excluding hydrogens is 218 g/mol. The lowest BCUT2D eigenvalue weighted by atomic mass is 10.1. The van der Waals surface area contributed by atoms with Crippen molar-refractivity contribution in [3.63, 3.8) is 0 Å². The van der Waals surface area contributed by atoms with Crippen LogP contribution in [0, 0.1) is 5.92 Å². The Morgan fingerprint density at radius 1 is 1.40 bits per heavy atom. The van der Waals surface area contributed by atoms with Crippen LogP contribution in [0.25, 0.3) is 0 Å². The lowest BCUT2D eigenvalue weighted by Gasteiger charge is -2.26. The van der Waals surface area contributed by atoms with E-state index < -0.39 is 9.84 Å². The highest BCUT2D eigenvalue weighted by Crippen LogP contribution is 2.27. The Balaban J connectivity index is 1.94. The topological polar surface area (TPSA) is 78.6 Å². The van der Waals surface area contributed by atoms with E-state index in [9.17, 15) is 8.42 Å². The van der Waals surface area contributed by atoms with Gasteiger partial charge in [-0.15, -0.1) is 0 Å². The van der Waals surface area contributed by atoms with Gasteiger partial charge in [-0.25, -0.2) is 8.42 Å². The maximum absolute atomic E-state index is 11.4. The highest BCUT2D eigenvalue weighted by atomic mass is 32.2. The van der Waals surface area contributed by atoms with Crippen LogP contribution in [0.4, 0.5) is 0 Å². The molecule has 15 heavy (non-hydrogen) atoms. The van der Waals surface area contributed by atoms with Crippen molar-refractivity contribution in [3.8, 4) is 0 Å². The zero-order valence-electron chi connectivity index (χ0n) is 8.59. The van der Waals surface area contributed by atoms with Crippen LogP contribution in [-0.2, 0) is 19.3 Å². The van der Waals surface area contributed by atoms with Crippen LogP contribution in [0.1, 0.15) is 12.8 Å². The van der Waals surface area contributed by atoms with Crippen molar-refractivity contribution in [1.82, 2.24) is 0 Å². The maximum Gasteiger partial charge on any atom is 0.162 e. The van der Waals surface area contributed by atoms with E-state index >= 15 is 0 Å². The fourth-order valence-electron chi connectivity index (χ4n) is 2.11. The van der Waals surface area contributed by atoms with Crippen molar-refractivity contribution >= 4 is 9.84 Å². The van der Waals surface area contributed by atoms with Gasteiger partial charge in [-0.2, -0.15) is 0 Å². The summed E-state index contributed by atoms with van der Waals surface area (Å²) in [5.41, 5.74) is 5.46. The summed E-state index contributed by atoms with van der Waals surface area (Å²) in [7, 11) is -2.88. The van der Waals surface area contributed by atoms with Crippen LogP contribution in [0.15, 0.2) is 0 Å². The summed E-state index contributed by atoms with van der Waals surface area (Å²) in [5, 5.41) is 0. The molecule has 2 aliphatic rings. The second kappa shape index (κ2) is 4.37. The van der Waals surface area contributed by atoms with Crippen LogP contribution in [-0.4, -0.2) is 45.5 Å². The van der Waals surface area contributed by atoms with E-state index in [0.29, 0.717) is 25.3 Å². The Kier molecular flexibility index (Phi) is 3.30. The summed E-state index contributed by atoms with van der Waals surface area (Å²) in [4.78, 5) is 0. The average molecular weight is 235 g/mol. The molecule has 0 spiro atoms. The molecule has 5 nitrogen and oxygen atoms in total. The van der Waals surface area contributed by atoms with Crippen molar-refractivity contribution in [2.24, 2.45) is 11.7 Å². The fraction of sp³-hybridized carbons (Fsp3) is 1.00. The van der Waals surface area contributed by atoms with E-state index in [1.807, 2.05) is 0 Å². The van der Waals surface area contributed by atoms with E-state index in [4.69, 9.17) is 15.2 Å². The molecule has 2 saturated heterocycles. The zero-order chi connectivity index (χ0) is 10.9. The molecule has 0 radical (unpaired) electrons. The standard InChI is InChI=1S/C9H17NO4S/c10-4-8-5-13-9(14-8)7-2-1-3-15(11,12)6-7/h7-9H,1-6,10H2. The van der Waals surface area contributed by atoms with Crippen LogP contribution < -0.4 is 5.73 Å². The quantitative estimate of drug-likeness (QED) is 0.699. The molecule has 2 N–H and O–H groups in total. The Morgan fingerprint density at radius 2 is 2.20 bits per heavy atom. The third kappa shape index (κ3) is 2.69. The summed E-state index contributed by atoms with van der Waals surface area (Å²) in [6.45, 7) is 0.910. The van der Waals surface area contributed by atoms with E-state index in [-0.39, 0.29) is 24.1 Å². The van der Waals surface area contributed by atoms with E-state index in [2.05, 4.69) is 0 Å². The molecule has 0 aromatic rings. The molecule has 3 unspecified atom stereocenters. The number of ether oxygens (including phenoxy) is 2.